The molecule has 0 radical (unpaired) electrons. The summed E-state index contributed by atoms with van der Waals surface area (Å²) in [4.78, 5) is 14.4. The van der Waals surface area contributed by atoms with Crippen LogP contribution in [0.15, 0.2) is 48.5 Å². The van der Waals surface area contributed by atoms with Gasteiger partial charge in [0.25, 0.3) is 0 Å². The lowest BCUT2D eigenvalue weighted by Gasteiger charge is -2.30. The molecule has 2 aromatic rings. The van der Waals surface area contributed by atoms with Crippen LogP contribution in [-0.2, 0) is 9.53 Å². The van der Waals surface area contributed by atoms with Gasteiger partial charge >= 0.3 is 0 Å². The Balaban J connectivity index is 1.65. The topological polar surface area (TPSA) is 53.6 Å². The van der Waals surface area contributed by atoms with Gasteiger partial charge in [0.15, 0.2) is 0 Å². The summed E-state index contributed by atoms with van der Waals surface area (Å²) >= 11 is 6.12. The maximum atomic E-state index is 12.1. The number of carbonyl (C=O) groups excluding carboxylic acids is 1. The number of benzene rings is 2. The van der Waals surface area contributed by atoms with Crippen molar-refractivity contribution in [1.82, 2.24) is 0 Å². The normalized spacial score (nSPS) is 14.3. The van der Waals surface area contributed by atoms with Crippen molar-refractivity contribution in [3.05, 3.63) is 53.6 Å². The highest BCUT2D eigenvalue weighted by molar-refractivity contribution is 6.31. The lowest BCUT2D eigenvalue weighted by molar-refractivity contribution is -0.114. The highest BCUT2D eigenvalue weighted by atomic mass is 35.5. The largest absolute Gasteiger partial charge is 0.378 e. The van der Waals surface area contributed by atoms with E-state index in [4.69, 9.17) is 16.3 Å². The average molecular weight is 346 g/mol. The van der Waals surface area contributed by atoms with Crippen molar-refractivity contribution in [3.63, 3.8) is 0 Å². The number of rotatable bonds is 5. The molecule has 0 atom stereocenters. The van der Waals surface area contributed by atoms with E-state index in [2.05, 4.69) is 15.5 Å². The summed E-state index contributed by atoms with van der Waals surface area (Å²) in [5.41, 5.74) is 2.67. The average Bonchev–Trinajstić information content (AvgIpc) is 2.62. The summed E-state index contributed by atoms with van der Waals surface area (Å²) in [6, 6.07) is 15.1. The number of nitrogens with one attached hydrogen (secondary N) is 2. The highest BCUT2D eigenvalue weighted by Crippen LogP contribution is 2.29. The summed E-state index contributed by atoms with van der Waals surface area (Å²) in [5.74, 6) is -0.103. The van der Waals surface area contributed by atoms with Crippen LogP contribution in [0.3, 0.4) is 0 Å². The van der Waals surface area contributed by atoms with E-state index < -0.39 is 0 Å². The Kier molecular flexibility index (Phi) is 5.56. The minimum atomic E-state index is -0.103. The molecule has 6 heteroatoms. The van der Waals surface area contributed by atoms with E-state index in [1.807, 2.05) is 48.5 Å². The van der Waals surface area contributed by atoms with Crippen LogP contribution in [0.25, 0.3) is 0 Å². The molecule has 5 nitrogen and oxygen atoms in total. The molecular formula is C18H20ClN3O2. The van der Waals surface area contributed by atoms with Crippen molar-refractivity contribution >= 4 is 34.6 Å². The van der Waals surface area contributed by atoms with Crippen LogP contribution in [0.1, 0.15) is 0 Å². The second-order valence-corrected chi connectivity index (χ2v) is 5.97. The Bertz CT molecular complexity index is 688. The molecule has 1 fully saturated rings. The lowest BCUT2D eigenvalue weighted by Crippen LogP contribution is -2.36. The molecule has 1 amide bonds. The number of para-hydroxylation sites is 1. The minimum Gasteiger partial charge on any atom is -0.378 e. The number of nitrogens with zero attached hydrogens (tertiary/aromatic N) is 1. The molecule has 2 aromatic carbocycles. The van der Waals surface area contributed by atoms with Gasteiger partial charge < -0.3 is 20.3 Å². The number of hydrogen-bond donors (Lipinski definition) is 2. The van der Waals surface area contributed by atoms with E-state index in [1.165, 1.54) is 0 Å². The van der Waals surface area contributed by atoms with Crippen LogP contribution in [0.2, 0.25) is 5.02 Å². The third kappa shape index (κ3) is 4.40. The SMILES string of the molecule is O=C(CNc1cc(Cl)ccc1N1CCOCC1)Nc1ccccc1. The van der Waals surface area contributed by atoms with Gasteiger partial charge in [-0.3, -0.25) is 4.79 Å². The van der Waals surface area contributed by atoms with Gasteiger partial charge in [0.2, 0.25) is 5.91 Å². The monoisotopic (exact) mass is 345 g/mol. The quantitative estimate of drug-likeness (QED) is 0.873. The molecule has 3 rings (SSSR count). The van der Waals surface area contributed by atoms with Gasteiger partial charge in [0.1, 0.15) is 0 Å². The first-order valence-corrected chi connectivity index (χ1v) is 8.31. The lowest BCUT2D eigenvalue weighted by atomic mass is 10.2. The Morgan fingerprint density at radius 3 is 2.62 bits per heavy atom. The molecule has 0 bridgehead atoms. The van der Waals surface area contributed by atoms with Crippen molar-refractivity contribution < 1.29 is 9.53 Å². The number of morpholine rings is 1. The molecule has 1 heterocycles. The van der Waals surface area contributed by atoms with Crippen LogP contribution < -0.4 is 15.5 Å². The number of hydrogen-bond acceptors (Lipinski definition) is 4. The fraction of sp³-hybridized carbons (Fsp3) is 0.278. The predicted octanol–water partition coefficient (Wildman–Crippen LogP) is 3.23. The van der Waals surface area contributed by atoms with Crippen LogP contribution in [0.5, 0.6) is 0 Å². The number of amides is 1. The van der Waals surface area contributed by atoms with Crippen molar-refractivity contribution in [2.75, 3.05) is 48.4 Å². The van der Waals surface area contributed by atoms with E-state index in [1.54, 1.807) is 0 Å². The Morgan fingerprint density at radius 1 is 1.12 bits per heavy atom. The van der Waals surface area contributed by atoms with Gasteiger partial charge in [0.05, 0.1) is 31.1 Å². The van der Waals surface area contributed by atoms with Gasteiger partial charge in [0, 0.05) is 23.8 Å². The van der Waals surface area contributed by atoms with Crippen molar-refractivity contribution in [3.8, 4) is 0 Å². The van der Waals surface area contributed by atoms with Crippen molar-refractivity contribution in [2.45, 2.75) is 0 Å². The maximum absolute atomic E-state index is 12.1. The number of carbonyl (C=O) groups is 1. The third-order valence-electron chi connectivity index (χ3n) is 3.81. The fourth-order valence-corrected chi connectivity index (χ4v) is 2.80. The number of anilines is 3. The first-order valence-electron chi connectivity index (χ1n) is 7.93. The molecule has 126 valence electrons. The first-order chi connectivity index (χ1) is 11.7. The second-order valence-electron chi connectivity index (χ2n) is 5.53. The van der Waals surface area contributed by atoms with Gasteiger partial charge in [-0.05, 0) is 30.3 Å². The van der Waals surface area contributed by atoms with E-state index >= 15 is 0 Å². The van der Waals surface area contributed by atoms with E-state index in [9.17, 15) is 4.79 Å². The zero-order valence-corrected chi connectivity index (χ0v) is 14.1. The zero-order chi connectivity index (χ0) is 16.8. The molecule has 0 spiro atoms. The third-order valence-corrected chi connectivity index (χ3v) is 4.04. The molecule has 0 aliphatic carbocycles. The van der Waals surface area contributed by atoms with Crippen LogP contribution >= 0.6 is 11.6 Å². The molecule has 0 aromatic heterocycles. The molecule has 1 saturated heterocycles. The summed E-state index contributed by atoms with van der Waals surface area (Å²) in [7, 11) is 0. The van der Waals surface area contributed by atoms with Crippen LogP contribution in [-0.4, -0.2) is 38.8 Å². The standard InChI is InChI=1S/C18H20ClN3O2/c19-14-6-7-17(22-8-10-24-11-9-22)16(12-14)20-13-18(23)21-15-4-2-1-3-5-15/h1-7,12,20H,8-11,13H2,(H,21,23). The number of ether oxygens (including phenoxy) is 1. The first kappa shape index (κ1) is 16.6. The zero-order valence-electron chi connectivity index (χ0n) is 13.3. The molecule has 0 unspecified atom stereocenters. The summed E-state index contributed by atoms with van der Waals surface area (Å²) in [6.07, 6.45) is 0. The maximum Gasteiger partial charge on any atom is 0.243 e. The minimum absolute atomic E-state index is 0.103. The summed E-state index contributed by atoms with van der Waals surface area (Å²) in [6.45, 7) is 3.23. The Hall–Kier alpha value is -2.24. The van der Waals surface area contributed by atoms with Crippen LogP contribution in [0, 0.1) is 0 Å². The van der Waals surface area contributed by atoms with Gasteiger partial charge in [-0.25, -0.2) is 0 Å². The van der Waals surface area contributed by atoms with Crippen LogP contribution in [0.4, 0.5) is 17.1 Å². The van der Waals surface area contributed by atoms with Gasteiger partial charge in [-0.1, -0.05) is 29.8 Å². The smallest absolute Gasteiger partial charge is 0.243 e. The van der Waals surface area contributed by atoms with Gasteiger partial charge in [-0.15, -0.1) is 0 Å². The predicted molar refractivity (Wildman–Crippen MR) is 98.0 cm³/mol. The van der Waals surface area contributed by atoms with Gasteiger partial charge in [-0.2, -0.15) is 0 Å². The van der Waals surface area contributed by atoms with E-state index in [0.29, 0.717) is 18.2 Å². The summed E-state index contributed by atoms with van der Waals surface area (Å²) in [5, 5.41) is 6.69. The molecule has 1 aliphatic heterocycles. The fourth-order valence-electron chi connectivity index (χ4n) is 2.63. The summed E-state index contributed by atoms with van der Waals surface area (Å²) < 4.78 is 5.40. The molecule has 24 heavy (non-hydrogen) atoms. The van der Waals surface area contributed by atoms with E-state index in [0.717, 1.165) is 30.2 Å². The molecular weight excluding hydrogens is 326 g/mol. The van der Waals surface area contributed by atoms with E-state index in [-0.39, 0.29) is 12.5 Å². The molecule has 0 saturated carbocycles. The van der Waals surface area contributed by atoms with Crippen molar-refractivity contribution in [1.29, 1.82) is 0 Å². The number of halogens is 1. The Morgan fingerprint density at radius 2 is 1.88 bits per heavy atom. The Labute approximate surface area is 146 Å². The molecule has 1 aliphatic rings. The highest BCUT2D eigenvalue weighted by Gasteiger charge is 2.15. The molecule has 2 N–H and O–H groups in total. The second kappa shape index (κ2) is 8.04. The van der Waals surface area contributed by atoms with Crippen molar-refractivity contribution in [2.24, 2.45) is 0 Å².